The zero-order valence-electron chi connectivity index (χ0n) is 12.1. The van der Waals surface area contributed by atoms with Crippen molar-refractivity contribution in [3.63, 3.8) is 0 Å². The molecular weight excluding hydrogens is 314 g/mol. The molecule has 0 spiro atoms. The van der Waals surface area contributed by atoms with Gasteiger partial charge in [0.15, 0.2) is 0 Å². The summed E-state index contributed by atoms with van der Waals surface area (Å²) in [6, 6.07) is 3.74. The van der Waals surface area contributed by atoms with Crippen molar-refractivity contribution in [2.75, 3.05) is 19.9 Å². The minimum Gasteiger partial charge on any atom is -0.495 e. The lowest BCUT2D eigenvalue weighted by Gasteiger charge is -2.13. The van der Waals surface area contributed by atoms with Crippen LogP contribution in [0.15, 0.2) is 23.1 Å². The second kappa shape index (κ2) is 7.67. The average molecular weight is 333 g/mol. The van der Waals surface area contributed by atoms with Crippen LogP contribution in [0, 0.1) is 0 Å². The average Bonchev–Trinajstić information content (AvgIpc) is 2.45. The molecule has 0 bridgehead atoms. The molecule has 0 saturated carbocycles. The summed E-state index contributed by atoms with van der Waals surface area (Å²) in [5, 5.41) is 9.29. The fourth-order valence-electron chi connectivity index (χ4n) is 1.61. The largest absolute Gasteiger partial charge is 0.495 e. The van der Waals surface area contributed by atoms with E-state index in [9.17, 15) is 13.2 Å². The van der Waals surface area contributed by atoms with E-state index in [0.29, 0.717) is 11.7 Å². The van der Waals surface area contributed by atoms with Crippen molar-refractivity contribution in [2.24, 2.45) is 0 Å². The molecule has 0 heterocycles. The van der Waals surface area contributed by atoms with Crippen molar-refractivity contribution in [3.05, 3.63) is 23.8 Å². The van der Waals surface area contributed by atoms with Gasteiger partial charge in [0.25, 0.3) is 0 Å². The minimum atomic E-state index is -3.81. The van der Waals surface area contributed by atoms with Crippen molar-refractivity contribution in [3.8, 4) is 5.75 Å². The third kappa shape index (κ3) is 4.90. The van der Waals surface area contributed by atoms with Gasteiger partial charge >= 0.3 is 5.97 Å². The van der Waals surface area contributed by atoms with Gasteiger partial charge in [0.05, 0.1) is 12.7 Å². The maximum atomic E-state index is 12.3. The molecule has 1 unspecified atom stereocenters. The maximum absolute atomic E-state index is 12.3. The van der Waals surface area contributed by atoms with Crippen molar-refractivity contribution in [1.82, 2.24) is 4.72 Å². The highest BCUT2D eigenvalue weighted by Crippen LogP contribution is 2.25. The van der Waals surface area contributed by atoms with Gasteiger partial charge in [0, 0.05) is 11.8 Å². The topological polar surface area (TPSA) is 92.7 Å². The highest BCUT2D eigenvalue weighted by Gasteiger charge is 2.21. The van der Waals surface area contributed by atoms with Gasteiger partial charge in [-0.3, -0.25) is 0 Å². The third-order valence-corrected chi connectivity index (χ3v) is 5.47. The van der Waals surface area contributed by atoms with Crippen LogP contribution in [0.1, 0.15) is 23.7 Å². The summed E-state index contributed by atoms with van der Waals surface area (Å²) in [5.41, 5.74) is -0.103. The first-order chi connectivity index (χ1) is 9.81. The van der Waals surface area contributed by atoms with E-state index < -0.39 is 16.0 Å². The van der Waals surface area contributed by atoms with Gasteiger partial charge in [0.2, 0.25) is 10.0 Å². The van der Waals surface area contributed by atoms with E-state index in [0.717, 1.165) is 6.07 Å². The molecule has 0 radical (unpaired) electrons. The van der Waals surface area contributed by atoms with Gasteiger partial charge < -0.3 is 9.84 Å². The van der Waals surface area contributed by atoms with Crippen LogP contribution < -0.4 is 9.46 Å². The van der Waals surface area contributed by atoms with Crippen LogP contribution >= 0.6 is 11.8 Å². The Labute approximate surface area is 128 Å². The summed E-state index contributed by atoms with van der Waals surface area (Å²) in [6.45, 7) is 2.29. The molecule has 0 aliphatic carbocycles. The number of ether oxygens (including phenoxy) is 1. The molecule has 118 valence electrons. The molecule has 2 N–H and O–H groups in total. The first kappa shape index (κ1) is 17.8. The van der Waals surface area contributed by atoms with Crippen LogP contribution in [-0.4, -0.2) is 44.7 Å². The molecule has 0 aliphatic heterocycles. The monoisotopic (exact) mass is 333 g/mol. The van der Waals surface area contributed by atoms with Gasteiger partial charge in [-0.1, -0.05) is 6.92 Å². The lowest BCUT2D eigenvalue weighted by atomic mass is 10.2. The highest BCUT2D eigenvalue weighted by molar-refractivity contribution is 7.99. The molecule has 0 fully saturated rings. The van der Waals surface area contributed by atoms with E-state index in [-0.39, 0.29) is 22.8 Å². The van der Waals surface area contributed by atoms with Crippen LogP contribution in [0.5, 0.6) is 5.75 Å². The number of hydrogen-bond acceptors (Lipinski definition) is 5. The summed E-state index contributed by atoms with van der Waals surface area (Å²) in [4.78, 5) is 10.8. The van der Waals surface area contributed by atoms with Gasteiger partial charge in [-0.2, -0.15) is 11.8 Å². The fourth-order valence-corrected chi connectivity index (χ4v) is 3.21. The smallest absolute Gasteiger partial charge is 0.335 e. The molecule has 0 aliphatic rings. The molecule has 21 heavy (non-hydrogen) atoms. The normalized spacial score (nSPS) is 12.9. The molecular formula is C13H19NO5S2. The Morgan fingerprint density at radius 1 is 1.48 bits per heavy atom. The second-order valence-electron chi connectivity index (χ2n) is 4.40. The highest BCUT2D eigenvalue weighted by atomic mass is 32.2. The van der Waals surface area contributed by atoms with Crippen LogP contribution in [0.4, 0.5) is 0 Å². The third-order valence-electron chi connectivity index (χ3n) is 2.95. The quantitative estimate of drug-likeness (QED) is 0.754. The zero-order valence-corrected chi connectivity index (χ0v) is 13.8. The molecule has 8 heteroatoms. The standard InChI is InChI=1S/C13H19NO5S2/c1-9(20-3)6-7-14-21(17,18)12-8-10(13(15)16)4-5-11(12)19-2/h4-5,8-9,14H,6-7H2,1-3H3,(H,15,16). The number of thioether (sulfide) groups is 1. The first-order valence-electron chi connectivity index (χ1n) is 6.25. The number of carboxylic acid groups (broad SMARTS) is 1. The number of nitrogens with one attached hydrogen (secondary N) is 1. The van der Waals surface area contributed by atoms with E-state index in [2.05, 4.69) is 4.72 Å². The summed E-state index contributed by atoms with van der Waals surface area (Å²) in [5.74, 6) is -1.07. The van der Waals surface area contributed by atoms with Gasteiger partial charge in [-0.15, -0.1) is 0 Å². The number of sulfonamides is 1. The lowest BCUT2D eigenvalue weighted by Crippen LogP contribution is -2.27. The molecule has 1 aromatic rings. The van der Waals surface area contributed by atoms with E-state index >= 15 is 0 Å². The summed E-state index contributed by atoms with van der Waals surface area (Å²) in [6.07, 6.45) is 2.64. The predicted octanol–water partition coefficient (Wildman–Crippen LogP) is 1.81. The molecule has 6 nitrogen and oxygen atoms in total. The van der Waals surface area contributed by atoms with Gasteiger partial charge in [-0.05, 0) is 30.9 Å². The van der Waals surface area contributed by atoms with Crippen LogP contribution in [-0.2, 0) is 10.0 Å². The second-order valence-corrected chi connectivity index (χ2v) is 7.42. The van der Waals surface area contributed by atoms with Crippen molar-refractivity contribution < 1.29 is 23.1 Å². The van der Waals surface area contributed by atoms with E-state index in [1.54, 1.807) is 11.8 Å². The molecule has 0 saturated heterocycles. The van der Waals surface area contributed by atoms with Gasteiger partial charge in [0.1, 0.15) is 10.6 Å². The molecule has 1 aromatic carbocycles. The predicted molar refractivity (Wildman–Crippen MR) is 82.7 cm³/mol. The Morgan fingerprint density at radius 3 is 2.67 bits per heavy atom. The van der Waals surface area contributed by atoms with E-state index in [4.69, 9.17) is 9.84 Å². The molecule has 0 amide bonds. The number of benzene rings is 1. The summed E-state index contributed by atoms with van der Waals surface area (Å²) >= 11 is 1.65. The first-order valence-corrected chi connectivity index (χ1v) is 9.02. The Balaban J connectivity index is 3.00. The molecule has 0 aromatic heterocycles. The Morgan fingerprint density at radius 2 is 2.14 bits per heavy atom. The fraction of sp³-hybridized carbons (Fsp3) is 0.462. The maximum Gasteiger partial charge on any atom is 0.335 e. The number of aromatic carboxylic acids is 1. The lowest BCUT2D eigenvalue weighted by molar-refractivity contribution is 0.0696. The Bertz CT molecular complexity index is 601. The number of hydrogen-bond donors (Lipinski definition) is 2. The summed E-state index contributed by atoms with van der Waals surface area (Å²) in [7, 11) is -2.47. The van der Waals surface area contributed by atoms with Gasteiger partial charge in [-0.25, -0.2) is 17.9 Å². The van der Waals surface area contributed by atoms with Crippen molar-refractivity contribution in [2.45, 2.75) is 23.5 Å². The van der Waals surface area contributed by atoms with Crippen LogP contribution in [0.2, 0.25) is 0 Å². The summed E-state index contributed by atoms with van der Waals surface area (Å²) < 4.78 is 32.0. The van der Waals surface area contributed by atoms with E-state index in [1.807, 2.05) is 13.2 Å². The number of carbonyl (C=O) groups is 1. The van der Waals surface area contributed by atoms with Crippen molar-refractivity contribution >= 4 is 27.8 Å². The van der Waals surface area contributed by atoms with Crippen LogP contribution in [0.3, 0.4) is 0 Å². The number of rotatable bonds is 8. The van der Waals surface area contributed by atoms with E-state index in [1.165, 1.54) is 19.2 Å². The van der Waals surface area contributed by atoms with Crippen molar-refractivity contribution in [1.29, 1.82) is 0 Å². The number of methoxy groups -OCH3 is 1. The van der Waals surface area contributed by atoms with Crippen LogP contribution in [0.25, 0.3) is 0 Å². The molecule has 1 atom stereocenters. The molecule has 1 rings (SSSR count). The number of carboxylic acids is 1. The Kier molecular flexibility index (Phi) is 6.50. The zero-order chi connectivity index (χ0) is 16.0. The SMILES string of the molecule is COc1ccc(C(=O)O)cc1S(=O)(=O)NCCC(C)SC. The minimum absolute atomic E-state index is 0.103. The Hall–Kier alpha value is -1.25.